The van der Waals surface area contributed by atoms with Crippen LogP contribution in [0.1, 0.15) is 0 Å². The van der Waals surface area contributed by atoms with E-state index in [0.717, 1.165) is 50.0 Å². The number of aromatic nitrogens is 1. The van der Waals surface area contributed by atoms with Crippen LogP contribution in [0.4, 0.5) is 17.1 Å². The highest BCUT2D eigenvalue weighted by Crippen LogP contribution is 2.46. The first-order valence-electron chi connectivity index (χ1n) is 16.9. The van der Waals surface area contributed by atoms with Crippen LogP contribution in [0.5, 0.6) is 0 Å². The van der Waals surface area contributed by atoms with Gasteiger partial charge in [0.05, 0.1) is 11.9 Å². The second-order valence-corrected chi connectivity index (χ2v) is 12.8. The number of benzene rings is 8. The van der Waals surface area contributed by atoms with Gasteiger partial charge >= 0.3 is 0 Å². The van der Waals surface area contributed by atoms with Crippen LogP contribution in [0.3, 0.4) is 0 Å². The molecule has 0 radical (unpaired) electrons. The van der Waals surface area contributed by atoms with Gasteiger partial charge < -0.3 is 9.32 Å². The first-order valence-corrected chi connectivity index (χ1v) is 16.9. The number of fused-ring (bicyclic) bond motifs is 6. The van der Waals surface area contributed by atoms with Crippen molar-refractivity contribution in [2.45, 2.75) is 0 Å². The lowest BCUT2D eigenvalue weighted by molar-refractivity contribution is 0.669. The predicted octanol–water partition coefficient (Wildman–Crippen LogP) is 13.2. The summed E-state index contributed by atoms with van der Waals surface area (Å²) in [5, 5.41) is 9.26. The van der Waals surface area contributed by atoms with Crippen molar-refractivity contribution in [3.63, 3.8) is 0 Å². The van der Waals surface area contributed by atoms with Gasteiger partial charge in [0.25, 0.3) is 0 Å². The number of para-hydroxylation sites is 1. The fourth-order valence-electron chi connectivity index (χ4n) is 7.55. The fourth-order valence-corrected chi connectivity index (χ4v) is 7.55. The summed E-state index contributed by atoms with van der Waals surface area (Å²) in [6, 6.07) is 60.5. The van der Waals surface area contributed by atoms with Crippen molar-refractivity contribution in [1.29, 1.82) is 0 Å². The number of furan rings is 1. The van der Waals surface area contributed by atoms with Gasteiger partial charge in [-0.1, -0.05) is 140 Å². The van der Waals surface area contributed by atoms with Crippen LogP contribution < -0.4 is 4.90 Å². The Morgan fingerprint density at radius 2 is 0.980 bits per heavy atom. The average Bonchev–Trinajstić information content (AvgIpc) is 3.55. The summed E-state index contributed by atoms with van der Waals surface area (Å²) in [5.41, 5.74) is 9.27. The third-order valence-corrected chi connectivity index (χ3v) is 9.92. The Hall–Kier alpha value is -6.71. The fraction of sp³-hybridized carbons (Fsp3) is 0. The van der Waals surface area contributed by atoms with E-state index in [1.54, 1.807) is 0 Å². The third-order valence-electron chi connectivity index (χ3n) is 9.92. The van der Waals surface area contributed by atoms with Crippen LogP contribution in [-0.2, 0) is 0 Å². The molecule has 3 heteroatoms. The molecule has 10 aromatic rings. The lowest BCUT2D eigenvalue weighted by Crippen LogP contribution is -2.12. The summed E-state index contributed by atoms with van der Waals surface area (Å²) >= 11 is 0. The molecule has 2 aromatic heterocycles. The molecule has 3 nitrogen and oxygen atoms in total. The van der Waals surface area contributed by atoms with E-state index in [-0.39, 0.29) is 0 Å². The molecular formula is C47H30N2O. The first-order chi connectivity index (χ1) is 24.8. The minimum Gasteiger partial charge on any atom is -0.454 e. The number of anilines is 3. The van der Waals surface area contributed by atoms with Gasteiger partial charge in [-0.05, 0) is 79.3 Å². The second-order valence-electron chi connectivity index (χ2n) is 12.8. The monoisotopic (exact) mass is 638 g/mol. The maximum Gasteiger partial charge on any atom is 0.162 e. The number of nitrogens with zero attached hydrogens (tertiary/aromatic N) is 2. The van der Waals surface area contributed by atoms with E-state index in [9.17, 15) is 0 Å². The largest absolute Gasteiger partial charge is 0.454 e. The van der Waals surface area contributed by atoms with Crippen LogP contribution in [0.25, 0.3) is 76.5 Å². The molecule has 0 aliphatic heterocycles. The summed E-state index contributed by atoms with van der Waals surface area (Å²) in [4.78, 5) is 7.14. The van der Waals surface area contributed by atoms with Gasteiger partial charge in [0.2, 0.25) is 0 Å². The first kappa shape index (κ1) is 28.3. The van der Waals surface area contributed by atoms with Gasteiger partial charge in [-0.25, -0.2) is 0 Å². The maximum atomic E-state index is 6.79. The van der Waals surface area contributed by atoms with Crippen LogP contribution in [-0.4, -0.2) is 4.98 Å². The normalized spacial score (nSPS) is 11.6. The van der Waals surface area contributed by atoms with Gasteiger partial charge in [-0.15, -0.1) is 0 Å². The molecule has 8 aromatic carbocycles. The summed E-state index contributed by atoms with van der Waals surface area (Å²) in [5.74, 6) is 0. The molecule has 0 aliphatic carbocycles. The molecule has 0 aliphatic rings. The van der Waals surface area contributed by atoms with E-state index in [0.29, 0.717) is 0 Å². The van der Waals surface area contributed by atoms with Crippen LogP contribution >= 0.6 is 0 Å². The van der Waals surface area contributed by atoms with E-state index < -0.39 is 0 Å². The second kappa shape index (κ2) is 11.5. The Kier molecular flexibility index (Phi) is 6.49. The smallest absolute Gasteiger partial charge is 0.162 e. The molecule has 0 amide bonds. The van der Waals surface area contributed by atoms with E-state index in [1.165, 1.54) is 43.6 Å². The van der Waals surface area contributed by atoms with Crippen LogP contribution in [0, 0.1) is 0 Å². The van der Waals surface area contributed by atoms with E-state index in [2.05, 4.69) is 175 Å². The molecule has 0 bridgehead atoms. The standard InChI is InChI=1S/C47H30N2O/c1-2-14-35-28-46-42(27-34(35)13-1)43-29-48-30-45(47(43)50-46)49(36-25-23-33(24-26-36)38-20-9-15-31-11-3-5-17-37(31)38)44-22-8-7-19-41(44)40-21-10-16-32-12-4-6-18-39(32)40/h1-30H. The van der Waals surface area contributed by atoms with Crippen molar-refractivity contribution < 1.29 is 4.42 Å². The van der Waals surface area contributed by atoms with Gasteiger partial charge in [-0.3, -0.25) is 4.98 Å². The maximum absolute atomic E-state index is 6.79. The predicted molar refractivity (Wildman–Crippen MR) is 210 cm³/mol. The Morgan fingerprint density at radius 1 is 0.400 bits per heavy atom. The molecule has 50 heavy (non-hydrogen) atoms. The molecule has 0 spiro atoms. The zero-order valence-corrected chi connectivity index (χ0v) is 27.1. The van der Waals surface area contributed by atoms with Gasteiger partial charge in [0, 0.05) is 28.2 Å². The Labute approximate surface area is 289 Å². The van der Waals surface area contributed by atoms with Gasteiger partial charge in [0.1, 0.15) is 11.3 Å². The van der Waals surface area contributed by atoms with E-state index in [4.69, 9.17) is 9.40 Å². The van der Waals surface area contributed by atoms with Gasteiger partial charge in [-0.2, -0.15) is 0 Å². The molecule has 0 unspecified atom stereocenters. The molecule has 0 saturated heterocycles. The quantitative estimate of drug-likeness (QED) is 0.188. The minimum absolute atomic E-state index is 0.802. The van der Waals surface area contributed by atoms with Crippen LogP contribution in [0.2, 0.25) is 0 Å². The minimum atomic E-state index is 0.802. The molecule has 0 fully saturated rings. The highest BCUT2D eigenvalue weighted by molar-refractivity contribution is 6.14. The van der Waals surface area contributed by atoms with Crippen molar-refractivity contribution in [2.75, 3.05) is 4.90 Å². The summed E-state index contributed by atoms with van der Waals surface area (Å²) in [6.45, 7) is 0. The van der Waals surface area contributed by atoms with Crippen molar-refractivity contribution in [3.8, 4) is 22.3 Å². The Morgan fingerprint density at radius 3 is 1.74 bits per heavy atom. The average molecular weight is 639 g/mol. The lowest BCUT2D eigenvalue weighted by Gasteiger charge is -2.28. The molecule has 0 N–H and O–H groups in total. The van der Waals surface area contributed by atoms with Crippen molar-refractivity contribution in [1.82, 2.24) is 4.98 Å². The lowest BCUT2D eigenvalue weighted by atomic mass is 9.95. The van der Waals surface area contributed by atoms with E-state index in [1.807, 2.05) is 12.4 Å². The third kappa shape index (κ3) is 4.56. The van der Waals surface area contributed by atoms with Gasteiger partial charge in [0.15, 0.2) is 5.58 Å². The highest BCUT2D eigenvalue weighted by Gasteiger charge is 2.23. The highest BCUT2D eigenvalue weighted by atomic mass is 16.3. The zero-order valence-electron chi connectivity index (χ0n) is 27.1. The Balaban J connectivity index is 1.22. The van der Waals surface area contributed by atoms with E-state index >= 15 is 0 Å². The molecule has 2 heterocycles. The SMILES string of the molecule is c1ccc(N(c2ccc(-c3cccc4ccccc34)cc2)c2cncc3c2oc2cc4ccccc4cc23)c(-c2cccc3ccccc23)c1. The van der Waals surface area contributed by atoms with Crippen molar-refractivity contribution in [3.05, 3.63) is 182 Å². The summed E-state index contributed by atoms with van der Waals surface area (Å²) in [6.07, 6.45) is 3.86. The molecule has 0 saturated carbocycles. The molecule has 0 atom stereocenters. The molecule has 234 valence electrons. The Bertz CT molecular complexity index is 2870. The molecule has 10 rings (SSSR count). The summed E-state index contributed by atoms with van der Waals surface area (Å²) in [7, 11) is 0. The number of pyridine rings is 1. The topological polar surface area (TPSA) is 29.3 Å². The van der Waals surface area contributed by atoms with Crippen LogP contribution in [0.15, 0.2) is 187 Å². The number of rotatable bonds is 5. The summed E-state index contributed by atoms with van der Waals surface area (Å²) < 4.78 is 6.79. The van der Waals surface area contributed by atoms with Crippen molar-refractivity contribution in [2.24, 2.45) is 0 Å². The number of hydrogen-bond donors (Lipinski definition) is 0. The zero-order chi connectivity index (χ0) is 33.0. The molecular weight excluding hydrogens is 609 g/mol. The number of hydrogen-bond acceptors (Lipinski definition) is 3. The van der Waals surface area contributed by atoms with Crippen molar-refractivity contribution >= 4 is 71.3 Å².